The second kappa shape index (κ2) is 4.68. The van der Waals surface area contributed by atoms with Crippen molar-refractivity contribution in [3.05, 3.63) is 18.6 Å². The number of nitrogens with one attached hydrogen (secondary N) is 3. The van der Waals surface area contributed by atoms with Crippen molar-refractivity contribution in [2.24, 2.45) is 0 Å². The number of H-pyrrole nitrogens is 1. The molecule has 3 rings (SSSR count). The molecule has 0 amide bonds. The maximum absolute atomic E-state index is 4.30. The molecule has 0 atom stereocenters. The topological polar surface area (TPSA) is 68.9 Å². The lowest BCUT2D eigenvalue weighted by Crippen LogP contribution is -2.33. The van der Waals surface area contributed by atoms with Crippen molar-refractivity contribution < 1.29 is 0 Å². The minimum Gasteiger partial charge on any atom is -0.346 e. The van der Waals surface area contributed by atoms with Gasteiger partial charge in [0.05, 0.1) is 5.39 Å². The van der Waals surface area contributed by atoms with Crippen LogP contribution in [0.4, 0.5) is 5.82 Å². The Morgan fingerprint density at radius 2 is 2.24 bits per heavy atom. The van der Waals surface area contributed by atoms with E-state index in [0.29, 0.717) is 0 Å². The number of hydrogen-bond donors (Lipinski definition) is 3. The highest BCUT2D eigenvalue weighted by atomic mass is 15.5. The van der Waals surface area contributed by atoms with Crippen LogP contribution in [0.5, 0.6) is 0 Å². The summed E-state index contributed by atoms with van der Waals surface area (Å²) in [5.74, 6) is 0.873. The number of nitrogens with zero attached hydrogens (tertiary/aromatic N) is 3. The van der Waals surface area contributed by atoms with E-state index in [1.165, 1.54) is 0 Å². The zero-order valence-corrected chi connectivity index (χ0v) is 9.61. The molecular weight excluding hydrogens is 216 g/mol. The molecule has 90 valence electrons. The van der Waals surface area contributed by atoms with E-state index in [-0.39, 0.29) is 0 Å². The summed E-state index contributed by atoms with van der Waals surface area (Å²) in [6.45, 7) is 4.11. The molecule has 3 N–H and O–H groups in total. The highest BCUT2D eigenvalue weighted by Crippen LogP contribution is 2.17. The van der Waals surface area contributed by atoms with Gasteiger partial charge in [-0.3, -0.25) is 0 Å². The summed E-state index contributed by atoms with van der Waals surface area (Å²) in [5, 5.41) is 6.61. The van der Waals surface area contributed by atoms with Crippen LogP contribution in [-0.4, -0.2) is 46.1 Å². The molecule has 0 unspecified atom stereocenters. The zero-order chi connectivity index (χ0) is 11.5. The minimum atomic E-state index is 0.871. The second-order valence-corrected chi connectivity index (χ2v) is 4.16. The van der Waals surface area contributed by atoms with Gasteiger partial charge in [-0.1, -0.05) is 0 Å². The fourth-order valence-corrected chi connectivity index (χ4v) is 2.07. The lowest BCUT2D eigenvalue weighted by atomic mass is 10.4. The average molecular weight is 232 g/mol. The normalized spacial score (nSPS) is 18.1. The van der Waals surface area contributed by atoms with Crippen LogP contribution in [0.2, 0.25) is 0 Å². The van der Waals surface area contributed by atoms with Crippen LogP contribution in [-0.2, 0) is 0 Å². The molecule has 17 heavy (non-hydrogen) atoms. The largest absolute Gasteiger partial charge is 0.346 e. The minimum absolute atomic E-state index is 0.871. The smallest absolute Gasteiger partial charge is 0.153 e. The van der Waals surface area contributed by atoms with Gasteiger partial charge in [0.25, 0.3) is 0 Å². The van der Waals surface area contributed by atoms with Gasteiger partial charge in [0.2, 0.25) is 0 Å². The van der Waals surface area contributed by atoms with Gasteiger partial charge in [0, 0.05) is 25.8 Å². The molecule has 1 saturated heterocycles. The number of aromatic amines is 1. The summed E-state index contributed by atoms with van der Waals surface area (Å²) >= 11 is 0. The lowest BCUT2D eigenvalue weighted by Gasteiger charge is -2.21. The second-order valence-electron chi connectivity index (χ2n) is 4.16. The Balaban J connectivity index is 1.81. The van der Waals surface area contributed by atoms with Crippen molar-refractivity contribution >= 4 is 16.9 Å². The quantitative estimate of drug-likeness (QED) is 0.706. The maximum atomic E-state index is 4.30. The number of rotatable bonds is 2. The number of fused-ring (bicyclic) bond motifs is 1. The predicted octanol–water partition coefficient (Wildman–Crippen LogP) is 0.580. The van der Waals surface area contributed by atoms with Gasteiger partial charge < -0.3 is 15.7 Å². The molecule has 0 aliphatic carbocycles. The van der Waals surface area contributed by atoms with Crippen LogP contribution in [0.15, 0.2) is 18.6 Å². The Morgan fingerprint density at radius 1 is 1.24 bits per heavy atom. The first-order chi connectivity index (χ1) is 8.43. The molecule has 0 bridgehead atoms. The van der Waals surface area contributed by atoms with Gasteiger partial charge >= 0.3 is 0 Å². The monoisotopic (exact) mass is 232 g/mol. The van der Waals surface area contributed by atoms with Crippen molar-refractivity contribution in [3.8, 4) is 0 Å². The van der Waals surface area contributed by atoms with Gasteiger partial charge in [-0.2, -0.15) is 0 Å². The molecule has 0 radical (unpaired) electrons. The van der Waals surface area contributed by atoms with Gasteiger partial charge in [0.15, 0.2) is 5.82 Å². The first-order valence-corrected chi connectivity index (χ1v) is 5.94. The molecule has 1 aliphatic heterocycles. The molecule has 1 fully saturated rings. The summed E-state index contributed by atoms with van der Waals surface area (Å²) in [6.07, 6.45) is 4.61. The molecule has 3 heterocycles. The Kier molecular flexibility index (Phi) is 2.89. The maximum Gasteiger partial charge on any atom is 0.153 e. The van der Waals surface area contributed by atoms with E-state index in [1.54, 1.807) is 6.33 Å². The van der Waals surface area contributed by atoms with Crippen LogP contribution in [0.3, 0.4) is 0 Å². The summed E-state index contributed by atoms with van der Waals surface area (Å²) in [6, 6.07) is 1.99. The third-order valence-corrected chi connectivity index (χ3v) is 2.96. The van der Waals surface area contributed by atoms with Crippen molar-refractivity contribution in [2.45, 2.75) is 6.42 Å². The molecule has 2 aromatic rings. The van der Waals surface area contributed by atoms with Gasteiger partial charge in [-0.25, -0.2) is 15.0 Å². The molecule has 0 saturated carbocycles. The Hall–Kier alpha value is -1.66. The molecule has 6 heteroatoms. The van der Waals surface area contributed by atoms with E-state index in [2.05, 4.69) is 30.7 Å². The van der Waals surface area contributed by atoms with Gasteiger partial charge in [-0.15, -0.1) is 0 Å². The molecule has 0 aromatic carbocycles. The molecule has 1 aliphatic rings. The summed E-state index contributed by atoms with van der Waals surface area (Å²) < 4.78 is 0. The summed E-state index contributed by atoms with van der Waals surface area (Å²) in [7, 11) is 0. The van der Waals surface area contributed by atoms with E-state index >= 15 is 0 Å². The number of anilines is 1. The van der Waals surface area contributed by atoms with E-state index in [4.69, 9.17) is 0 Å². The van der Waals surface area contributed by atoms with Crippen molar-refractivity contribution in [3.63, 3.8) is 0 Å². The zero-order valence-electron chi connectivity index (χ0n) is 9.61. The number of aromatic nitrogens is 3. The lowest BCUT2D eigenvalue weighted by molar-refractivity contribution is 0.351. The fraction of sp³-hybridized carbons (Fsp3) is 0.455. The Morgan fingerprint density at radius 3 is 3.24 bits per heavy atom. The number of hydrazine groups is 1. The van der Waals surface area contributed by atoms with E-state index in [9.17, 15) is 0 Å². The SMILES string of the molecule is c1nc(NN2CCCNCC2)c2cc[nH]c2n1. The van der Waals surface area contributed by atoms with Crippen LogP contribution in [0.1, 0.15) is 6.42 Å². The van der Waals surface area contributed by atoms with Gasteiger partial charge in [-0.05, 0) is 19.0 Å². The average Bonchev–Trinajstić information content (AvgIpc) is 2.69. The Bertz CT molecular complexity index is 485. The van der Waals surface area contributed by atoms with Gasteiger partial charge in [0.1, 0.15) is 12.0 Å². The first kappa shape index (κ1) is 10.5. The van der Waals surface area contributed by atoms with Crippen LogP contribution in [0, 0.1) is 0 Å². The highest BCUT2D eigenvalue weighted by Gasteiger charge is 2.11. The predicted molar refractivity (Wildman–Crippen MR) is 66.6 cm³/mol. The Labute approximate surface area is 99.4 Å². The van der Waals surface area contributed by atoms with Crippen molar-refractivity contribution in [2.75, 3.05) is 31.6 Å². The highest BCUT2D eigenvalue weighted by molar-refractivity contribution is 5.86. The third kappa shape index (κ3) is 2.22. The third-order valence-electron chi connectivity index (χ3n) is 2.96. The van der Waals surface area contributed by atoms with E-state index in [1.807, 2.05) is 12.3 Å². The molecular formula is C11H16N6. The van der Waals surface area contributed by atoms with E-state index < -0.39 is 0 Å². The number of hydrogen-bond acceptors (Lipinski definition) is 5. The molecule has 2 aromatic heterocycles. The van der Waals surface area contributed by atoms with E-state index in [0.717, 1.165) is 49.5 Å². The van der Waals surface area contributed by atoms with Crippen LogP contribution >= 0.6 is 0 Å². The van der Waals surface area contributed by atoms with Crippen LogP contribution < -0.4 is 10.7 Å². The standard InChI is InChI=1S/C11H16N6/c1-3-12-5-7-17(6-1)16-11-9-2-4-13-10(9)14-8-15-11/h2,4,8,12H,1,3,5-7H2,(H2,13,14,15,16). The van der Waals surface area contributed by atoms with Crippen molar-refractivity contribution in [1.29, 1.82) is 0 Å². The van der Waals surface area contributed by atoms with Crippen LogP contribution in [0.25, 0.3) is 11.0 Å². The summed E-state index contributed by atoms with van der Waals surface area (Å²) in [5.41, 5.74) is 4.24. The summed E-state index contributed by atoms with van der Waals surface area (Å²) in [4.78, 5) is 11.6. The molecule has 0 spiro atoms. The molecule has 6 nitrogen and oxygen atoms in total. The van der Waals surface area contributed by atoms with Crippen molar-refractivity contribution in [1.82, 2.24) is 25.3 Å². The first-order valence-electron chi connectivity index (χ1n) is 5.94. The fourth-order valence-electron chi connectivity index (χ4n) is 2.07.